The van der Waals surface area contributed by atoms with E-state index in [1.807, 2.05) is 18.3 Å². The normalized spacial score (nSPS) is 17.1. The van der Waals surface area contributed by atoms with E-state index >= 15 is 0 Å². The van der Waals surface area contributed by atoms with Gasteiger partial charge in [-0.15, -0.1) is 0 Å². The molecule has 0 saturated heterocycles. The Bertz CT molecular complexity index is 336. The van der Waals surface area contributed by atoms with E-state index in [9.17, 15) is 0 Å². The molecule has 3 heteroatoms. The standard InChI is InChI=1S/C13H20N2O/c1-3-14-10(2)12-6-7-15-13(8-12)16-9-11-4-5-11/h6-8,10-11,14H,3-5,9H2,1-2H3. The number of hydrogen-bond acceptors (Lipinski definition) is 3. The summed E-state index contributed by atoms with van der Waals surface area (Å²) in [6.07, 6.45) is 4.45. The first kappa shape index (κ1) is 11.4. The summed E-state index contributed by atoms with van der Waals surface area (Å²) >= 11 is 0. The summed E-state index contributed by atoms with van der Waals surface area (Å²) in [6, 6.07) is 4.43. The number of hydrogen-bond donors (Lipinski definition) is 1. The minimum atomic E-state index is 0.358. The number of rotatable bonds is 6. The van der Waals surface area contributed by atoms with Gasteiger partial charge >= 0.3 is 0 Å². The highest BCUT2D eigenvalue weighted by Crippen LogP contribution is 2.29. The quantitative estimate of drug-likeness (QED) is 0.800. The van der Waals surface area contributed by atoms with Gasteiger partial charge in [0.05, 0.1) is 6.61 Å². The van der Waals surface area contributed by atoms with Gasteiger partial charge in [0.2, 0.25) is 5.88 Å². The maximum absolute atomic E-state index is 5.66. The van der Waals surface area contributed by atoms with Crippen LogP contribution in [-0.4, -0.2) is 18.1 Å². The van der Waals surface area contributed by atoms with E-state index in [1.165, 1.54) is 18.4 Å². The van der Waals surface area contributed by atoms with Crippen molar-refractivity contribution in [3.8, 4) is 5.88 Å². The molecule has 0 aromatic carbocycles. The third kappa shape index (κ3) is 3.20. The monoisotopic (exact) mass is 220 g/mol. The summed E-state index contributed by atoms with van der Waals surface area (Å²) < 4.78 is 5.66. The first-order valence-electron chi connectivity index (χ1n) is 6.11. The molecule has 1 unspecified atom stereocenters. The van der Waals surface area contributed by atoms with Crippen LogP contribution in [0.1, 0.15) is 38.3 Å². The Balaban J connectivity index is 1.94. The third-order valence-corrected chi connectivity index (χ3v) is 2.93. The van der Waals surface area contributed by atoms with Crippen molar-refractivity contribution in [1.29, 1.82) is 0 Å². The zero-order valence-electron chi connectivity index (χ0n) is 10.1. The van der Waals surface area contributed by atoms with Crippen molar-refractivity contribution in [1.82, 2.24) is 10.3 Å². The molecule has 0 radical (unpaired) electrons. The molecule has 0 aliphatic heterocycles. The lowest BCUT2D eigenvalue weighted by Gasteiger charge is -2.13. The molecule has 0 amide bonds. The van der Waals surface area contributed by atoms with Crippen LogP contribution in [0, 0.1) is 5.92 Å². The highest BCUT2D eigenvalue weighted by atomic mass is 16.5. The number of pyridine rings is 1. The molecule has 1 aliphatic rings. The Morgan fingerprint density at radius 1 is 1.56 bits per heavy atom. The van der Waals surface area contributed by atoms with E-state index < -0.39 is 0 Å². The van der Waals surface area contributed by atoms with Crippen LogP contribution in [0.5, 0.6) is 5.88 Å². The number of aromatic nitrogens is 1. The van der Waals surface area contributed by atoms with Gasteiger partial charge in [-0.25, -0.2) is 4.98 Å². The van der Waals surface area contributed by atoms with Gasteiger partial charge in [0, 0.05) is 18.3 Å². The van der Waals surface area contributed by atoms with Crippen LogP contribution in [0.2, 0.25) is 0 Å². The van der Waals surface area contributed by atoms with Crippen molar-refractivity contribution in [3.63, 3.8) is 0 Å². The summed E-state index contributed by atoms with van der Waals surface area (Å²) in [6.45, 7) is 6.07. The summed E-state index contributed by atoms with van der Waals surface area (Å²) in [5.74, 6) is 1.53. The SMILES string of the molecule is CCNC(C)c1ccnc(OCC2CC2)c1. The lowest BCUT2D eigenvalue weighted by atomic mass is 10.1. The van der Waals surface area contributed by atoms with Crippen LogP contribution in [0.25, 0.3) is 0 Å². The van der Waals surface area contributed by atoms with Crippen molar-refractivity contribution in [2.24, 2.45) is 5.92 Å². The van der Waals surface area contributed by atoms with Crippen molar-refractivity contribution < 1.29 is 4.74 Å². The van der Waals surface area contributed by atoms with Crippen LogP contribution in [0.3, 0.4) is 0 Å². The maximum Gasteiger partial charge on any atom is 0.213 e. The molecule has 0 spiro atoms. The molecule has 1 heterocycles. The fourth-order valence-electron chi connectivity index (χ4n) is 1.68. The van der Waals surface area contributed by atoms with Crippen LogP contribution in [-0.2, 0) is 0 Å². The van der Waals surface area contributed by atoms with E-state index in [0.29, 0.717) is 6.04 Å². The van der Waals surface area contributed by atoms with Crippen molar-refractivity contribution in [3.05, 3.63) is 23.9 Å². The van der Waals surface area contributed by atoms with Crippen LogP contribution < -0.4 is 10.1 Å². The lowest BCUT2D eigenvalue weighted by Crippen LogP contribution is -2.17. The van der Waals surface area contributed by atoms with Crippen LogP contribution in [0.4, 0.5) is 0 Å². The van der Waals surface area contributed by atoms with Gasteiger partial charge in [-0.05, 0) is 43.9 Å². The predicted octanol–water partition coefficient (Wildman–Crippen LogP) is 2.54. The second-order valence-electron chi connectivity index (χ2n) is 4.46. The minimum Gasteiger partial charge on any atom is -0.477 e. The molecular weight excluding hydrogens is 200 g/mol. The summed E-state index contributed by atoms with van der Waals surface area (Å²) in [5.41, 5.74) is 1.24. The van der Waals surface area contributed by atoms with E-state index in [0.717, 1.165) is 24.9 Å². The van der Waals surface area contributed by atoms with Gasteiger partial charge < -0.3 is 10.1 Å². The highest BCUT2D eigenvalue weighted by Gasteiger charge is 2.22. The molecule has 3 nitrogen and oxygen atoms in total. The molecule has 1 aromatic rings. The lowest BCUT2D eigenvalue weighted by molar-refractivity contribution is 0.288. The molecule has 0 bridgehead atoms. The molecule has 1 atom stereocenters. The zero-order chi connectivity index (χ0) is 11.4. The van der Waals surface area contributed by atoms with Gasteiger partial charge in [-0.1, -0.05) is 6.92 Å². The van der Waals surface area contributed by atoms with Crippen LogP contribution >= 0.6 is 0 Å². The summed E-state index contributed by atoms with van der Waals surface area (Å²) in [4.78, 5) is 4.23. The molecule has 1 N–H and O–H groups in total. The predicted molar refractivity (Wildman–Crippen MR) is 64.5 cm³/mol. The molecular formula is C13H20N2O. The van der Waals surface area contributed by atoms with Crippen LogP contribution in [0.15, 0.2) is 18.3 Å². The second kappa shape index (κ2) is 5.30. The molecule has 1 fully saturated rings. The maximum atomic E-state index is 5.66. The Morgan fingerprint density at radius 3 is 3.06 bits per heavy atom. The Labute approximate surface area is 97.2 Å². The topological polar surface area (TPSA) is 34.2 Å². The summed E-state index contributed by atoms with van der Waals surface area (Å²) in [7, 11) is 0. The van der Waals surface area contributed by atoms with Gasteiger partial charge in [0.15, 0.2) is 0 Å². The van der Waals surface area contributed by atoms with Crippen molar-refractivity contribution in [2.45, 2.75) is 32.7 Å². The number of nitrogens with one attached hydrogen (secondary N) is 1. The molecule has 1 saturated carbocycles. The van der Waals surface area contributed by atoms with E-state index in [2.05, 4.69) is 24.1 Å². The van der Waals surface area contributed by atoms with E-state index in [-0.39, 0.29) is 0 Å². The number of ether oxygens (including phenoxy) is 1. The Morgan fingerprint density at radius 2 is 2.38 bits per heavy atom. The average molecular weight is 220 g/mol. The first-order chi connectivity index (χ1) is 7.79. The van der Waals surface area contributed by atoms with Crippen molar-refractivity contribution in [2.75, 3.05) is 13.2 Å². The Kier molecular flexibility index (Phi) is 3.78. The molecule has 1 aromatic heterocycles. The zero-order valence-corrected chi connectivity index (χ0v) is 10.1. The summed E-state index contributed by atoms with van der Waals surface area (Å²) in [5, 5.41) is 3.38. The second-order valence-corrected chi connectivity index (χ2v) is 4.46. The Hall–Kier alpha value is -1.09. The molecule has 2 rings (SSSR count). The first-order valence-corrected chi connectivity index (χ1v) is 6.11. The van der Waals surface area contributed by atoms with Gasteiger partial charge in [0.25, 0.3) is 0 Å². The average Bonchev–Trinajstić information content (AvgIpc) is 3.11. The van der Waals surface area contributed by atoms with E-state index in [1.54, 1.807) is 0 Å². The number of nitrogens with zero attached hydrogens (tertiary/aromatic N) is 1. The van der Waals surface area contributed by atoms with Gasteiger partial charge in [-0.3, -0.25) is 0 Å². The highest BCUT2D eigenvalue weighted by molar-refractivity contribution is 5.23. The largest absolute Gasteiger partial charge is 0.477 e. The van der Waals surface area contributed by atoms with Crippen molar-refractivity contribution >= 4 is 0 Å². The third-order valence-electron chi connectivity index (χ3n) is 2.93. The minimum absolute atomic E-state index is 0.358. The fraction of sp³-hybridized carbons (Fsp3) is 0.615. The fourth-order valence-corrected chi connectivity index (χ4v) is 1.68. The molecule has 16 heavy (non-hydrogen) atoms. The molecule has 1 aliphatic carbocycles. The smallest absolute Gasteiger partial charge is 0.213 e. The van der Waals surface area contributed by atoms with E-state index in [4.69, 9.17) is 4.74 Å². The molecule has 88 valence electrons. The van der Waals surface area contributed by atoms with Gasteiger partial charge in [-0.2, -0.15) is 0 Å². The van der Waals surface area contributed by atoms with Gasteiger partial charge in [0.1, 0.15) is 0 Å².